The van der Waals surface area contributed by atoms with Crippen LogP contribution in [0.5, 0.6) is 0 Å². The van der Waals surface area contributed by atoms with Crippen molar-refractivity contribution in [1.82, 2.24) is 24.8 Å². The summed E-state index contributed by atoms with van der Waals surface area (Å²) in [6, 6.07) is 9.31. The van der Waals surface area contributed by atoms with Crippen LogP contribution in [-0.2, 0) is 17.7 Å². The van der Waals surface area contributed by atoms with Gasteiger partial charge >= 0.3 is 0 Å². The second-order valence-electron chi connectivity index (χ2n) is 9.96. The van der Waals surface area contributed by atoms with Crippen LogP contribution in [0.1, 0.15) is 24.0 Å². The van der Waals surface area contributed by atoms with E-state index in [2.05, 4.69) is 58.0 Å². The summed E-state index contributed by atoms with van der Waals surface area (Å²) in [6.07, 6.45) is 4.91. The fourth-order valence-corrected chi connectivity index (χ4v) is 5.54. The molecule has 9 nitrogen and oxygen atoms in total. The zero-order chi connectivity index (χ0) is 23.8. The molecule has 0 saturated carbocycles. The van der Waals surface area contributed by atoms with Crippen molar-refractivity contribution in [2.45, 2.75) is 31.8 Å². The van der Waals surface area contributed by atoms with E-state index in [9.17, 15) is 0 Å². The minimum absolute atomic E-state index is 0.609. The van der Waals surface area contributed by atoms with Crippen molar-refractivity contribution in [2.24, 2.45) is 0 Å². The molecule has 1 aromatic carbocycles. The molecule has 0 aliphatic carbocycles. The van der Waals surface area contributed by atoms with Gasteiger partial charge in [0.2, 0.25) is 5.95 Å². The molecular weight excluding hydrogens is 440 g/mol. The Morgan fingerprint density at radius 3 is 2.34 bits per heavy atom. The number of anilines is 3. The number of nitrogens with zero attached hydrogens (tertiary/aromatic N) is 8. The Kier molecular flexibility index (Phi) is 6.12. The molecular formula is C26H34N8O. The summed E-state index contributed by atoms with van der Waals surface area (Å²) in [4.78, 5) is 29.0. The molecule has 0 atom stereocenters. The maximum atomic E-state index is 5.63. The van der Waals surface area contributed by atoms with Crippen LogP contribution in [0.4, 0.5) is 17.6 Å². The van der Waals surface area contributed by atoms with E-state index in [1.807, 2.05) is 0 Å². The Hall–Kier alpha value is -3.04. The number of aromatic nitrogens is 4. The summed E-state index contributed by atoms with van der Waals surface area (Å²) in [6.45, 7) is 6.70. The third-order valence-corrected chi connectivity index (χ3v) is 7.65. The van der Waals surface area contributed by atoms with Crippen LogP contribution in [0, 0.1) is 0 Å². The van der Waals surface area contributed by atoms with E-state index < -0.39 is 0 Å². The molecule has 0 N–H and O–H groups in total. The molecule has 3 aliphatic rings. The minimum Gasteiger partial charge on any atom is -0.378 e. The number of piperidine rings is 1. The van der Waals surface area contributed by atoms with Crippen molar-refractivity contribution < 1.29 is 4.74 Å². The zero-order valence-electron chi connectivity index (χ0n) is 20.7. The first-order chi connectivity index (χ1) is 17.2. The molecule has 9 heteroatoms. The summed E-state index contributed by atoms with van der Waals surface area (Å²) in [7, 11) is 4.34. The molecule has 3 aliphatic heterocycles. The van der Waals surface area contributed by atoms with Crippen molar-refractivity contribution in [3.8, 4) is 0 Å². The highest BCUT2D eigenvalue weighted by molar-refractivity contribution is 5.94. The van der Waals surface area contributed by atoms with Gasteiger partial charge < -0.3 is 24.3 Å². The number of ether oxygens (including phenoxy) is 1. The summed E-state index contributed by atoms with van der Waals surface area (Å²) >= 11 is 0. The van der Waals surface area contributed by atoms with Gasteiger partial charge in [0.15, 0.2) is 11.6 Å². The van der Waals surface area contributed by atoms with Gasteiger partial charge in [-0.05, 0) is 44.5 Å². The van der Waals surface area contributed by atoms with Gasteiger partial charge in [-0.15, -0.1) is 0 Å². The number of benzene rings is 1. The summed E-state index contributed by atoms with van der Waals surface area (Å²) in [5.41, 5.74) is 4.48. The van der Waals surface area contributed by atoms with Crippen molar-refractivity contribution in [2.75, 3.05) is 74.7 Å². The normalized spacial score (nSPS) is 19.5. The summed E-state index contributed by atoms with van der Waals surface area (Å²) in [5, 5.41) is 0. The minimum atomic E-state index is 0.609. The topological polar surface area (TPSA) is 73.8 Å². The largest absolute Gasteiger partial charge is 0.378 e. The summed E-state index contributed by atoms with van der Waals surface area (Å²) in [5.74, 6) is 2.61. The fraction of sp³-hybridized carbons (Fsp3) is 0.538. The average Bonchev–Trinajstić information content (AvgIpc) is 2.92. The van der Waals surface area contributed by atoms with Crippen LogP contribution < -0.4 is 14.7 Å². The van der Waals surface area contributed by atoms with Crippen LogP contribution >= 0.6 is 0 Å². The first-order valence-corrected chi connectivity index (χ1v) is 12.8. The van der Waals surface area contributed by atoms with Crippen molar-refractivity contribution >= 4 is 28.6 Å². The lowest BCUT2D eigenvalue weighted by molar-refractivity contribution is 0.122. The quantitative estimate of drug-likeness (QED) is 0.566. The predicted molar refractivity (Wildman–Crippen MR) is 138 cm³/mol. The highest BCUT2D eigenvalue weighted by Crippen LogP contribution is 2.33. The zero-order valence-corrected chi connectivity index (χ0v) is 20.7. The first-order valence-electron chi connectivity index (χ1n) is 12.8. The van der Waals surface area contributed by atoms with E-state index in [-0.39, 0.29) is 0 Å². The van der Waals surface area contributed by atoms with Gasteiger partial charge in [-0.1, -0.05) is 24.3 Å². The van der Waals surface area contributed by atoms with Crippen molar-refractivity contribution in [3.05, 3.63) is 41.7 Å². The number of rotatable bonds is 4. The van der Waals surface area contributed by atoms with Crippen molar-refractivity contribution in [3.63, 3.8) is 0 Å². The molecule has 6 rings (SSSR count). The van der Waals surface area contributed by atoms with Crippen LogP contribution in [0.2, 0.25) is 0 Å². The Bertz CT molecular complexity index is 1190. The Labute approximate surface area is 206 Å². The number of hydrogen-bond donors (Lipinski definition) is 0. The van der Waals surface area contributed by atoms with E-state index in [1.54, 1.807) is 6.33 Å². The van der Waals surface area contributed by atoms with Gasteiger partial charge in [0, 0.05) is 45.3 Å². The lowest BCUT2D eigenvalue weighted by atomic mass is 10.00. The molecule has 35 heavy (non-hydrogen) atoms. The van der Waals surface area contributed by atoms with E-state index in [1.165, 1.54) is 11.1 Å². The number of fused-ring (bicyclic) bond motifs is 2. The van der Waals surface area contributed by atoms with Crippen molar-refractivity contribution in [1.29, 1.82) is 0 Å². The summed E-state index contributed by atoms with van der Waals surface area (Å²) < 4.78 is 5.63. The maximum absolute atomic E-state index is 5.63. The fourth-order valence-electron chi connectivity index (χ4n) is 5.54. The van der Waals surface area contributed by atoms with E-state index in [0.717, 1.165) is 87.1 Å². The van der Waals surface area contributed by atoms with E-state index >= 15 is 0 Å². The standard InChI is InChI=1S/C26H34N8O/c1-31(2)21-8-11-33(12-9-21)26-29-23-22(25(30-26)32-13-15-35-16-14-32)27-18-28-24(23)34-10-7-19-5-3-4-6-20(19)17-34/h3-6,18,21H,7-17H2,1-2H3. The first kappa shape index (κ1) is 22.4. The smallest absolute Gasteiger partial charge is 0.228 e. The second kappa shape index (κ2) is 9.54. The molecule has 184 valence electrons. The van der Waals surface area contributed by atoms with E-state index in [0.29, 0.717) is 19.3 Å². The molecule has 5 heterocycles. The highest BCUT2D eigenvalue weighted by atomic mass is 16.5. The van der Waals surface area contributed by atoms with Crippen LogP contribution in [0.15, 0.2) is 30.6 Å². The van der Waals surface area contributed by atoms with Crippen LogP contribution in [0.25, 0.3) is 11.0 Å². The maximum Gasteiger partial charge on any atom is 0.228 e. The molecule has 2 fully saturated rings. The SMILES string of the molecule is CN(C)C1CCN(c2nc(N3CCOCC3)c3ncnc(N4CCc5ccccc5C4)c3n2)CC1. The molecule has 3 aromatic rings. The van der Waals surface area contributed by atoms with Gasteiger partial charge in [0.25, 0.3) is 0 Å². The number of hydrogen-bond acceptors (Lipinski definition) is 9. The Morgan fingerprint density at radius 1 is 0.800 bits per heavy atom. The van der Waals surface area contributed by atoms with Gasteiger partial charge in [0.1, 0.15) is 17.4 Å². The molecule has 2 saturated heterocycles. The Balaban J connectivity index is 1.41. The van der Waals surface area contributed by atoms with E-state index in [4.69, 9.17) is 24.7 Å². The third kappa shape index (κ3) is 4.38. The highest BCUT2D eigenvalue weighted by Gasteiger charge is 2.28. The monoisotopic (exact) mass is 474 g/mol. The van der Waals surface area contributed by atoms with Gasteiger partial charge in [-0.25, -0.2) is 15.0 Å². The van der Waals surface area contributed by atoms with Crippen LogP contribution in [-0.4, -0.2) is 90.9 Å². The Morgan fingerprint density at radius 2 is 1.57 bits per heavy atom. The van der Waals surface area contributed by atoms with Gasteiger partial charge in [0.05, 0.1) is 13.2 Å². The van der Waals surface area contributed by atoms with Crippen LogP contribution in [0.3, 0.4) is 0 Å². The molecule has 0 unspecified atom stereocenters. The molecule has 2 aromatic heterocycles. The number of morpholine rings is 1. The third-order valence-electron chi connectivity index (χ3n) is 7.65. The second-order valence-corrected chi connectivity index (χ2v) is 9.96. The molecule has 0 bridgehead atoms. The van der Waals surface area contributed by atoms with Gasteiger partial charge in [-0.3, -0.25) is 0 Å². The lowest BCUT2D eigenvalue weighted by Crippen LogP contribution is -2.43. The molecule has 0 spiro atoms. The van der Waals surface area contributed by atoms with Gasteiger partial charge in [-0.2, -0.15) is 4.98 Å². The average molecular weight is 475 g/mol. The molecule has 0 radical (unpaired) electrons. The predicted octanol–water partition coefficient (Wildman–Crippen LogP) is 2.35. The lowest BCUT2D eigenvalue weighted by Gasteiger charge is -2.36. The molecule has 0 amide bonds.